The zero-order valence-electron chi connectivity index (χ0n) is 17.9. The van der Waals surface area contributed by atoms with Crippen LogP contribution in [0, 0.1) is 6.92 Å². The Morgan fingerprint density at radius 1 is 0.971 bits per heavy atom. The first-order valence-electron chi connectivity index (χ1n) is 10.3. The number of hydrogen-bond acceptors (Lipinski definition) is 6. The predicted molar refractivity (Wildman–Crippen MR) is 130 cm³/mol. The zero-order valence-corrected chi connectivity index (χ0v) is 19.5. The molecule has 0 saturated heterocycles. The molecule has 5 rings (SSSR count). The van der Waals surface area contributed by atoms with Gasteiger partial charge in [0.2, 0.25) is 5.91 Å². The lowest BCUT2D eigenvalue weighted by atomic mass is 9.84. The van der Waals surface area contributed by atoms with E-state index in [0.717, 1.165) is 11.3 Å². The Bertz CT molecular complexity index is 1480. The monoisotopic (exact) mass is 488 g/mol. The van der Waals surface area contributed by atoms with Crippen LogP contribution in [0.2, 0.25) is 5.02 Å². The number of fused-ring (bicyclic) bond motifs is 2. The Morgan fingerprint density at radius 3 is 2.41 bits per heavy atom. The number of benzene rings is 3. The maximum Gasteiger partial charge on any atom is 0.234 e. The maximum absolute atomic E-state index is 12.9. The molecule has 0 radical (unpaired) electrons. The van der Waals surface area contributed by atoms with Crippen molar-refractivity contribution in [3.8, 4) is 5.69 Å². The molecule has 0 aliphatic heterocycles. The molecule has 168 valence electrons. The normalized spacial score (nSPS) is 12.3. The van der Waals surface area contributed by atoms with Gasteiger partial charge in [0.15, 0.2) is 16.7 Å². The molecule has 0 bridgehead atoms. The number of aryl methyl sites for hydroxylation is 1. The van der Waals surface area contributed by atoms with Gasteiger partial charge in [0, 0.05) is 33.0 Å². The molecule has 1 N–H and O–H groups in total. The number of hydrogen-bond donors (Lipinski definition) is 1. The van der Waals surface area contributed by atoms with Crippen molar-refractivity contribution in [1.82, 2.24) is 14.8 Å². The number of carbonyl (C=O) groups excluding carboxylic acids is 3. The van der Waals surface area contributed by atoms with Crippen molar-refractivity contribution in [2.45, 2.75) is 12.1 Å². The summed E-state index contributed by atoms with van der Waals surface area (Å²) in [7, 11) is 0. The summed E-state index contributed by atoms with van der Waals surface area (Å²) < 4.78 is 1.75. The number of aromatic nitrogens is 3. The second-order valence-electron chi connectivity index (χ2n) is 7.72. The van der Waals surface area contributed by atoms with Crippen molar-refractivity contribution in [1.29, 1.82) is 0 Å². The Kier molecular flexibility index (Phi) is 5.77. The predicted octanol–water partition coefficient (Wildman–Crippen LogP) is 4.74. The molecule has 0 saturated carbocycles. The van der Waals surface area contributed by atoms with E-state index in [1.54, 1.807) is 53.4 Å². The fourth-order valence-corrected chi connectivity index (χ4v) is 4.64. The van der Waals surface area contributed by atoms with Crippen molar-refractivity contribution in [2.75, 3.05) is 11.1 Å². The van der Waals surface area contributed by atoms with Crippen LogP contribution in [0.1, 0.15) is 37.4 Å². The van der Waals surface area contributed by atoms with Crippen molar-refractivity contribution in [2.24, 2.45) is 0 Å². The first kappa shape index (κ1) is 22.1. The molecule has 1 heterocycles. The van der Waals surface area contributed by atoms with E-state index in [2.05, 4.69) is 15.5 Å². The standard InChI is InChI=1S/C25H17ClN4O3S/c1-14-6-8-16(11-21(14)26)30-13-27-29-25(30)34-12-22(31)28-15-7-9-19-20(10-15)24(33)18-5-3-2-4-17(18)23(19)32/h2-11,13H,12H2,1H3,(H,28,31). The van der Waals surface area contributed by atoms with Crippen molar-refractivity contribution in [3.05, 3.63) is 99.8 Å². The topological polar surface area (TPSA) is 93.9 Å². The number of nitrogens with one attached hydrogen (secondary N) is 1. The quantitative estimate of drug-likeness (QED) is 0.359. The van der Waals surface area contributed by atoms with Gasteiger partial charge in [-0.25, -0.2) is 0 Å². The Balaban J connectivity index is 1.30. The third-order valence-corrected chi connectivity index (χ3v) is 6.84. The van der Waals surface area contributed by atoms with E-state index in [4.69, 9.17) is 11.6 Å². The molecule has 0 spiro atoms. The van der Waals surface area contributed by atoms with Crippen LogP contribution in [0.3, 0.4) is 0 Å². The highest BCUT2D eigenvalue weighted by atomic mass is 35.5. The summed E-state index contributed by atoms with van der Waals surface area (Å²) in [6.45, 7) is 1.92. The summed E-state index contributed by atoms with van der Waals surface area (Å²) >= 11 is 7.45. The molecule has 1 aliphatic carbocycles. The van der Waals surface area contributed by atoms with Crippen molar-refractivity contribution in [3.63, 3.8) is 0 Å². The number of anilines is 1. The largest absolute Gasteiger partial charge is 0.325 e. The van der Waals surface area contributed by atoms with Crippen LogP contribution in [0.25, 0.3) is 5.69 Å². The van der Waals surface area contributed by atoms with Crippen molar-refractivity contribution >= 4 is 46.5 Å². The van der Waals surface area contributed by atoms with Gasteiger partial charge < -0.3 is 5.32 Å². The molecule has 0 atom stereocenters. The van der Waals surface area contributed by atoms with Crippen LogP contribution in [0.15, 0.2) is 72.1 Å². The summed E-state index contributed by atoms with van der Waals surface area (Å²) in [6, 6.07) is 17.1. The van der Waals surface area contributed by atoms with E-state index >= 15 is 0 Å². The van der Waals surface area contributed by atoms with Gasteiger partial charge in [-0.1, -0.05) is 53.7 Å². The van der Waals surface area contributed by atoms with Gasteiger partial charge in [0.05, 0.1) is 11.4 Å². The molecule has 1 amide bonds. The van der Waals surface area contributed by atoms with Gasteiger partial charge in [-0.2, -0.15) is 0 Å². The lowest BCUT2D eigenvalue weighted by Gasteiger charge is -2.18. The summed E-state index contributed by atoms with van der Waals surface area (Å²) in [5, 5.41) is 12.0. The molecule has 0 unspecified atom stereocenters. The molecule has 3 aromatic carbocycles. The summed E-state index contributed by atoms with van der Waals surface area (Å²) in [4.78, 5) is 38.2. The Morgan fingerprint density at radius 2 is 1.68 bits per heavy atom. The summed E-state index contributed by atoms with van der Waals surface area (Å²) in [5.74, 6) is -0.642. The van der Waals surface area contributed by atoms with Crippen LogP contribution in [-0.2, 0) is 4.79 Å². The van der Waals surface area contributed by atoms with Gasteiger partial charge in [0.1, 0.15) is 6.33 Å². The number of carbonyl (C=O) groups is 3. The van der Waals surface area contributed by atoms with Gasteiger partial charge >= 0.3 is 0 Å². The lowest BCUT2D eigenvalue weighted by molar-refractivity contribution is -0.113. The van der Waals surface area contributed by atoms with E-state index in [9.17, 15) is 14.4 Å². The average molecular weight is 489 g/mol. The average Bonchev–Trinajstić information content (AvgIpc) is 3.32. The summed E-state index contributed by atoms with van der Waals surface area (Å²) in [5.41, 5.74) is 3.58. The molecule has 9 heteroatoms. The Hall–Kier alpha value is -3.75. The minimum atomic E-state index is -0.281. The highest BCUT2D eigenvalue weighted by Gasteiger charge is 2.29. The zero-order chi connectivity index (χ0) is 23.8. The molecule has 1 aliphatic rings. The second-order valence-corrected chi connectivity index (χ2v) is 9.07. The van der Waals surface area contributed by atoms with Gasteiger partial charge in [-0.05, 0) is 42.8 Å². The second kappa shape index (κ2) is 8.89. The minimum Gasteiger partial charge on any atom is -0.325 e. The molecule has 4 aromatic rings. The smallest absolute Gasteiger partial charge is 0.234 e. The van der Waals surface area contributed by atoms with Crippen LogP contribution >= 0.6 is 23.4 Å². The van der Waals surface area contributed by atoms with E-state index < -0.39 is 0 Å². The maximum atomic E-state index is 12.9. The van der Waals surface area contributed by atoms with Crippen LogP contribution < -0.4 is 5.32 Å². The lowest BCUT2D eigenvalue weighted by Crippen LogP contribution is -2.21. The molecular weight excluding hydrogens is 472 g/mol. The number of thioether (sulfide) groups is 1. The number of halogens is 1. The third-order valence-electron chi connectivity index (χ3n) is 5.49. The molecule has 34 heavy (non-hydrogen) atoms. The molecule has 7 nitrogen and oxygen atoms in total. The highest BCUT2D eigenvalue weighted by molar-refractivity contribution is 7.99. The van der Waals surface area contributed by atoms with Crippen LogP contribution in [0.4, 0.5) is 5.69 Å². The summed E-state index contributed by atoms with van der Waals surface area (Å²) in [6.07, 6.45) is 1.56. The molecular formula is C25H17ClN4O3S. The molecule has 0 fully saturated rings. The van der Waals surface area contributed by atoms with E-state index in [1.807, 2.05) is 25.1 Å². The fourth-order valence-electron chi connectivity index (χ4n) is 3.74. The number of ketones is 2. The molecule has 1 aromatic heterocycles. The van der Waals surface area contributed by atoms with E-state index in [1.165, 1.54) is 11.8 Å². The first-order valence-corrected chi connectivity index (χ1v) is 11.7. The number of nitrogens with zero attached hydrogens (tertiary/aromatic N) is 3. The van der Waals surface area contributed by atoms with Crippen LogP contribution in [-0.4, -0.2) is 38.0 Å². The van der Waals surface area contributed by atoms with Gasteiger partial charge in [-0.3, -0.25) is 19.0 Å². The van der Waals surface area contributed by atoms with Crippen LogP contribution in [0.5, 0.6) is 0 Å². The SMILES string of the molecule is Cc1ccc(-n2cnnc2SCC(=O)Nc2ccc3c(c2)C(=O)c2ccccc2C3=O)cc1Cl. The highest BCUT2D eigenvalue weighted by Crippen LogP contribution is 2.29. The third kappa shape index (κ3) is 4.02. The van der Waals surface area contributed by atoms with E-state index in [-0.39, 0.29) is 28.8 Å². The van der Waals surface area contributed by atoms with Crippen molar-refractivity contribution < 1.29 is 14.4 Å². The number of rotatable bonds is 5. The fraction of sp³-hybridized carbons (Fsp3) is 0.0800. The Labute approximate surface area is 204 Å². The first-order chi connectivity index (χ1) is 16.4. The van der Waals surface area contributed by atoms with E-state index in [0.29, 0.717) is 32.6 Å². The minimum absolute atomic E-state index is 0.0745. The van der Waals surface area contributed by atoms with Gasteiger partial charge in [-0.15, -0.1) is 10.2 Å². The van der Waals surface area contributed by atoms with Gasteiger partial charge in [0.25, 0.3) is 0 Å². The number of amides is 1.